The Kier molecular flexibility index (Phi) is 4.12. The molecule has 6 nitrogen and oxygen atoms in total. The third kappa shape index (κ3) is 2.61. The van der Waals surface area contributed by atoms with Gasteiger partial charge in [0.1, 0.15) is 10.7 Å². The second-order valence-electron chi connectivity index (χ2n) is 7.40. The molecule has 1 saturated heterocycles. The molecular formula is C21H19N3O3S. The van der Waals surface area contributed by atoms with Crippen LogP contribution in [0.1, 0.15) is 63.3 Å². The third-order valence-electron chi connectivity index (χ3n) is 5.75. The van der Waals surface area contributed by atoms with Crippen LogP contribution in [0.15, 0.2) is 42.1 Å². The number of hydrogen-bond acceptors (Lipinski definition) is 5. The average molecular weight is 393 g/mol. The van der Waals surface area contributed by atoms with Crippen molar-refractivity contribution in [3.63, 3.8) is 0 Å². The monoisotopic (exact) mass is 393 g/mol. The van der Waals surface area contributed by atoms with Gasteiger partial charge in [0.25, 0.3) is 17.7 Å². The number of amides is 3. The number of benzene rings is 1. The van der Waals surface area contributed by atoms with Gasteiger partial charge in [-0.05, 0) is 61.7 Å². The van der Waals surface area contributed by atoms with Crippen molar-refractivity contribution in [3.8, 4) is 0 Å². The Bertz CT molecular complexity index is 990. The summed E-state index contributed by atoms with van der Waals surface area (Å²) in [6.07, 6.45) is 7.62. The fraction of sp³-hybridized carbons (Fsp3) is 0.333. The van der Waals surface area contributed by atoms with E-state index >= 15 is 0 Å². The molecule has 2 aliphatic heterocycles. The van der Waals surface area contributed by atoms with Gasteiger partial charge in [0, 0.05) is 18.3 Å². The molecule has 1 aromatic heterocycles. The lowest BCUT2D eigenvalue weighted by Gasteiger charge is -2.37. The van der Waals surface area contributed by atoms with Crippen LogP contribution in [0.2, 0.25) is 0 Å². The Morgan fingerprint density at radius 2 is 1.79 bits per heavy atom. The number of hydrogen-bond donors (Lipinski definition) is 0. The molecule has 142 valence electrons. The number of aromatic nitrogens is 1. The second kappa shape index (κ2) is 6.67. The van der Waals surface area contributed by atoms with E-state index < -0.39 is 0 Å². The molecule has 0 bridgehead atoms. The molecule has 28 heavy (non-hydrogen) atoms. The van der Waals surface area contributed by atoms with Crippen LogP contribution in [0.25, 0.3) is 0 Å². The SMILES string of the molecule is O=C(c1cc(N2C(=O)c3ccccc3C2=O)sn1)N1CCC[C@@H]2CCCC=C21. The molecular weight excluding hydrogens is 374 g/mol. The number of likely N-dealkylation sites (tertiary alicyclic amines) is 1. The van der Waals surface area contributed by atoms with Crippen LogP contribution in [-0.4, -0.2) is 33.5 Å². The first-order chi connectivity index (χ1) is 13.6. The molecule has 1 fully saturated rings. The minimum absolute atomic E-state index is 0.142. The van der Waals surface area contributed by atoms with Crippen molar-refractivity contribution in [3.05, 3.63) is 58.9 Å². The van der Waals surface area contributed by atoms with Crippen LogP contribution in [-0.2, 0) is 0 Å². The van der Waals surface area contributed by atoms with Crippen LogP contribution in [0, 0.1) is 5.92 Å². The van der Waals surface area contributed by atoms with Crippen molar-refractivity contribution < 1.29 is 14.4 Å². The normalized spacial score (nSPS) is 21.4. The van der Waals surface area contributed by atoms with E-state index in [1.54, 1.807) is 30.3 Å². The van der Waals surface area contributed by atoms with Crippen molar-refractivity contribution in [2.45, 2.75) is 32.1 Å². The Morgan fingerprint density at radius 3 is 2.54 bits per heavy atom. The molecule has 0 unspecified atom stereocenters. The second-order valence-corrected chi connectivity index (χ2v) is 8.18. The molecule has 2 aromatic rings. The molecule has 0 saturated carbocycles. The molecule has 0 spiro atoms. The Morgan fingerprint density at radius 1 is 1.07 bits per heavy atom. The predicted octanol–water partition coefficient (Wildman–Crippen LogP) is 3.86. The smallest absolute Gasteiger partial charge is 0.277 e. The summed E-state index contributed by atoms with van der Waals surface area (Å²) in [5.41, 5.74) is 2.20. The minimum atomic E-state index is -0.365. The van der Waals surface area contributed by atoms with Gasteiger partial charge in [-0.15, -0.1) is 0 Å². The average Bonchev–Trinajstić information content (AvgIpc) is 3.31. The zero-order valence-electron chi connectivity index (χ0n) is 15.3. The molecule has 1 aliphatic carbocycles. The van der Waals surface area contributed by atoms with Gasteiger partial charge in [-0.3, -0.25) is 14.4 Å². The van der Waals surface area contributed by atoms with E-state index in [0.717, 1.165) is 47.8 Å². The highest BCUT2D eigenvalue weighted by molar-refractivity contribution is 7.11. The predicted molar refractivity (Wildman–Crippen MR) is 105 cm³/mol. The summed E-state index contributed by atoms with van der Waals surface area (Å²) >= 11 is 1.01. The van der Waals surface area contributed by atoms with Crippen LogP contribution < -0.4 is 4.90 Å². The number of carbonyl (C=O) groups is 3. The van der Waals surface area contributed by atoms with Gasteiger partial charge in [-0.25, -0.2) is 4.90 Å². The maximum Gasteiger partial charge on any atom is 0.277 e. The zero-order valence-corrected chi connectivity index (χ0v) is 16.1. The van der Waals surface area contributed by atoms with E-state index in [1.807, 2.05) is 4.90 Å². The van der Waals surface area contributed by atoms with E-state index in [-0.39, 0.29) is 17.7 Å². The lowest BCUT2D eigenvalue weighted by molar-refractivity contribution is 0.0743. The van der Waals surface area contributed by atoms with Gasteiger partial charge < -0.3 is 4.90 Å². The Balaban J connectivity index is 1.43. The van der Waals surface area contributed by atoms with Crippen LogP contribution in [0.4, 0.5) is 5.00 Å². The number of allylic oxidation sites excluding steroid dienone is 2. The van der Waals surface area contributed by atoms with Gasteiger partial charge in [0.05, 0.1) is 11.1 Å². The van der Waals surface area contributed by atoms with E-state index in [9.17, 15) is 14.4 Å². The maximum absolute atomic E-state index is 13.1. The lowest BCUT2D eigenvalue weighted by Crippen LogP contribution is -2.39. The minimum Gasteiger partial charge on any atom is -0.311 e. The molecule has 0 N–H and O–H groups in total. The van der Waals surface area contributed by atoms with E-state index in [0.29, 0.717) is 34.3 Å². The van der Waals surface area contributed by atoms with Gasteiger partial charge in [-0.2, -0.15) is 4.37 Å². The van der Waals surface area contributed by atoms with E-state index in [1.165, 1.54) is 6.42 Å². The molecule has 0 radical (unpaired) electrons. The highest BCUT2D eigenvalue weighted by Gasteiger charge is 2.38. The number of carbonyl (C=O) groups excluding carboxylic acids is 3. The standard InChI is InChI=1S/C21H19N3O3S/c25-19-14-8-2-3-9-15(14)20(26)24(19)18-12-16(22-28-18)21(27)23-11-5-7-13-6-1-4-10-17(13)23/h2-3,8-10,12-13H,1,4-7,11H2/t13-/m0/s1. The summed E-state index contributed by atoms with van der Waals surface area (Å²) in [6.45, 7) is 0.695. The largest absolute Gasteiger partial charge is 0.311 e. The van der Waals surface area contributed by atoms with Crippen LogP contribution in [0.5, 0.6) is 0 Å². The number of fused-ring (bicyclic) bond motifs is 2. The number of anilines is 1. The number of imide groups is 1. The summed E-state index contributed by atoms with van der Waals surface area (Å²) in [5.74, 6) is -0.412. The summed E-state index contributed by atoms with van der Waals surface area (Å²) < 4.78 is 4.28. The van der Waals surface area contributed by atoms with Gasteiger partial charge in [0.15, 0.2) is 0 Å². The van der Waals surface area contributed by atoms with Crippen LogP contribution >= 0.6 is 11.5 Å². The van der Waals surface area contributed by atoms with E-state index in [2.05, 4.69) is 10.4 Å². The molecule has 3 amide bonds. The molecule has 5 rings (SSSR count). The van der Waals surface area contributed by atoms with Crippen molar-refractivity contribution >= 4 is 34.3 Å². The first kappa shape index (κ1) is 17.3. The highest BCUT2D eigenvalue weighted by Crippen LogP contribution is 2.37. The van der Waals surface area contributed by atoms with Gasteiger partial charge in [-0.1, -0.05) is 18.2 Å². The highest BCUT2D eigenvalue weighted by atomic mass is 32.1. The summed E-state index contributed by atoms with van der Waals surface area (Å²) in [6, 6.07) is 8.33. The third-order valence-corrected chi connectivity index (χ3v) is 6.53. The molecule has 7 heteroatoms. The fourth-order valence-corrected chi connectivity index (χ4v) is 5.13. The van der Waals surface area contributed by atoms with E-state index in [4.69, 9.17) is 0 Å². The van der Waals surface area contributed by atoms with Crippen molar-refractivity contribution in [2.75, 3.05) is 11.4 Å². The summed E-state index contributed by atoms with van der Waals surface area (Å²) in [5, 5.41) is 0.390. The first-order valence-corrected chi connectivity index (χ1v) is 10.4. The quantitative estimate of drug-likeness (QED) is 0.727. The molecule has 3 heterocycles. The summed E-state index contributed by atoms with van der Waals surface area (Å²) in [4.78, 5) is 41.4. The molecule has 3 aliphatic rings. The number of rotatable bonds is 2. The molecule has 1 aromatic carbocycles. The maximum atomic E-state index is 13.1. The van der Waals surface area contributed by atoms with Crippen molar-refractivity contribution in [1.82, 2.24) is 9.27 Å². The number of nitrogens with zero attached hydrogens (tertiary/aromatic N) is 3. The fourth-order valence-electron chi connectivity index (χ4n) is 4.39. The molecule has 1 atom stereocenters. The van der Waals surface area contributed by atoms with Crippen molar-refractivity contribution in [1.29, 1.82) is 0 Å². The Hall–Kier alpha value is -2.80. The van der Waals surface area contributed by atoms with Crippen molar-refractivity contribution in [2.24, 2.45) is 5.92 Å². The van der Waals surface area contributed by atoms with Gasteiger partial charge >= 0.3 is 0 Å². The Labute approximate surface area is 166 Å². The van der Waals surface area contributed by atoms with Gasteiger partial charge in [0.2, 0.25) is 0 Å². The first-order valence-electron chi connectivity index (χ1n) is 9.61. The lowest BCUT2D eigenvalue weighted by atomic mass is 9.85. The summed E-state index contributed by atoms with van der Waals surface area (Å²) in [7, 11) is 0. The zero-order chi connectivity index (χ0) is 19.3. The number of piperidine rings is 1. The topological polar surface area (TPSA) is 70.6 Å². The van der Waals surface area contributed by atoms with Crippen LogP contribution in [0.3, 0.4) is 0 Å².